The van der Waals surface area contributed by atoms with Gasteiger partial charge in [-0.1, -0.05) is 11.3 Å². The first-order chi connectivity index (χ1) is 5.68. The molecule has 2 aromatic rings. The number of imidazole rings is 1. The summed E-state index contributed by atoms with van der Waals surface area (Å²) in [5.74, 6) is 0. The van der Waals surface area contributed by atoms with E-state index in [0.29, 0.717) is 8.88 Å². The van der Waals surface area contributed by atoms with Crippen molar-refractivity contribution >= 4 is 49.1 Å². The van der Waals surface area contributed by atoms with Gasteiger partial charge in [-0.05, 0) is 27.5 Å². The lowest BCUT2D eigenvalue weighted by Gasteiger charge is -1.85. The Balaban J connectivity index is 2.76. The van der Waals surface area contributed by atoms with Crippen LogP contribution < -0.4 is 0 Å². The molecule has 0 spiro atoms. The summed E-state index contributed by atoms with van der Waals surface area (Å²) in [6.07, 6.45) is 1.40. The highest BCUT2D eigenvalue weighted by Gasteiger charge is 2.12. The van der Waals surface area contributed by atoms with Gasteiger partial charge in [0.15, 0.2) is 3.92 Å². The molecule has 2 rings (SSSR count). The van der Waals surface area contributed by atoms with Gasteiger partial charge in [-0.25, -0.2) is 4.98 Å². The zero-order chi connectivity index (χ0) is 8.72. The van der Waals surface area contributed by atoms with Crippen LogP contribution in [0, 0.1) is 0 Å². The number of nitrogens with zero attached hydrogens (tertiary/aromatic N) is 3. The third-order valence-corrected chi connectivity index (χ3v) is 2.81. The number of aromatic nitrogens is 3. The summed E-state index contributed by atoms with van der Waals surface area (Å²) in [4.78, 5) is 15.4. The van der Waals surface area contributed by atoms with Crippen molar-refractivity contribution in [2.24, 2.45) is 0 Å². The second-order valence-corrected chi connectivity index (χ2v) is 4.54. The van der Waals surface area contributed by atoms with Gasteiger partial charge in [-0.3, -0.25) is 4.79 Å². The smallest absolute Gasteiger partial charge is 0.272 e. The van der Waals surface area contributed by atoms with Crippen LogP contribution in [0.3, 0.4) is 0 Å². The summed E-state index contributed by atoms with van der Waals surface area (Å²) in [5, 5.41) is 3.42. The SMILES string of the molecule is O=C(Cl)c1cnc2sc(Br)nn12. The molecule has 0 atom stereocenters. The minimum Gasteiger partial charge on any atom is -0.274 e. The number of hydrogen-bond donors (Lipinski definition) is 0. The zero-order valence-electron chi connectivity index (χ0n) is 5.49. The Morgan fingerprint density at radius 2 is 2.50 bits per heavy atom. The highest BCUT2D eigenvalue weighted by molar-refractivity contribution is 9.11. The Morgan fingerprint density at radius 1 is 1.75 bits per heavy atom. The van der Waals surface area contributed by atoms with Gasteiger partial charge >= 0.3 is 0 Å². The van der Waals surface area contributed by atoms with Crippen LogP contribution in [-0.2, 0) is 0 Å². The minimum atomic E-state index is -0.555. The summed E-state index contributed by atoms with van der Waals surface area (Å²) >= 11 is 9.80. The molecule has 2 aromatic heterocycles. The Bertz CT molecular complexity index is 450. The van der Waals surface area contributed by atoms with Gasteiger partial charge in [0.1, 0.15) is 5.69 Å². The molecule has 0 saturated carbocycles. The number of fused-ring (bicyclic) bond motifs is 1. The number of halogens is 2. The fraction of sp³-hybridized carbons (Fsp3) is 0. The lowest BCUT2D eigenvalue weighted by Crippen LogP contribution is -1.95. The third kappa shape index (κ3) is 1.16. The highest BCUT2D eigenvalue weighted by Crippen LogP contribution is 2.20. The monoisotopic (exact) mass is 265 g/mol. The summed E-state index contributed by atoms with van der Waals surface area (Å²) in [5.41, 5.74) is 0.286. The van der Waals surface area contributed by atoms with Crippen molar-refractivity contribution in [2.45, 2.75) is 0 Å². The molecule has 0 amide bonds. The molecule has 0 aliphatic carbocycles. The van der Waals surface area contributed by atoms with Gasteiger partial charge in [0.25, 0.3) is 5.24 Å². The fourth-order valence-corrected chi connectivity index (χ4v) is 2.13. The Hall–Kier alpha value is -0.460. The van der Waals surface area contributed by atoms with E-state index in [-0.39, 0.29) is 5.69 Å². The lowest BCUT2D eigenvalue weighted by molar-refractivity contribution is 0.107. The largest absolute Gasteiger partial charge is 0.274 e. The maximum absolute atomic E-state index is 10.8. The maximum Gasteiger partial charge on any atom is 0.272 e. The Morgan fingerprint density at radius 3 is 3.17 bits per heavy atom. The number of rotatable bonds is 1. The first-order valence-electron chi connectivity index (χ1n) is 2.88. The Labute approximate surface area is 84.3 Å². The summed E-state index contributed by atoms with van der Waals surface area (Å²) in [7, 11) is 0. The van der Waals surface area contributed by atoms with Crippen LogP contribution in [0.25, 0.3) is 4.96 Å². The van der Waals surface area contributed by atoms with Crippen LogP contribution in [-0.4, -0.2) is 19.8 Å². The van der Waals surface area contributed by atoms with Crippen molar-refractivity contribution in [3.05, 3.63) is 15.8 Å². The average molecular weight is 267 g/mol. The van der Waals surface area contributed by atoms with Crippen LogP contribution in [0.2, 0.25) is 0 Å². The van der Waals surface area contributed by atoms with Gasteiger partial charge in [-0.15, -0.1) is 5.10 Å². The van der Waals surface area contributed by atoms with E-state index >= 15 is 0 Å². The average Bonchev–Trinajstić information content (AvgIpc) is 2.43. The van der Waals surface area contributed by atoms with E-state index in [0.717, 1.165) is 0 Å². The normalized spacial score (nSPS) is 10.8. The van der Waals surface area contributed by atoms with Gasteiger partial charge in [0.2, 0.25) is 4.96 Å². The molecule has 0 aromatic carbocycles. The standard InChI is InChI=1S/C5HBrClN3OS/c6-4-9-10-2(3(7)11)1-8-5(10)12-4/h1H. The maximum atomic E-state index is 10.8. The van der Waals surface area contributed by atoms with E-state index < -0.39 is 5.24 Å². The molecule has 0 bridgehead atoms. The third-order valence-electron chi connectivity index (χ3n) is 1.26. The molecule has 0 unspecified atom stereocenters. The van der Waals surface area contributed by atoms with E-state index in [1.807, 2.05) is 0 Å². The quantitative estimate of drug-likeness (QED) is 0.741. The Kier molecular flexibility index (Phi) is 1.90. The lowest BCUT2D eigenvalue weighted by atomic mass is 10.5. The van der Waals surface area contributed by atoms with Crippen LogP contribution in [0.1, 0.15) is 10.5 Å². The van der Waals surface area contributed by atoms with Crippen molar-refractivity contribution in [1.82, 2.24) is 14.6 Å². The van der Waals surface area contributed by atoms with Crippen LogP contribution in [0.15, 0.2) is 10.1 Å². The van der Waals surface area contributed by atoms with Gasteiger partial charge < -0.3 is 0 Å². The molecule has 12 heavy (non-hydrogen) atoms. The van der Waals surface area contributed by atoms with Crippen molar-refractivity contribution in [2.75, 3.05) is 0 Å². The van der Waals surface area contributed by atoms with Crippen molar-refractivity contribution in [3.8, 4) is 0 Å². The molecule has 62 valence electrons. The molecule has 0 aliphatic heterocycles. The predicted octanol–water partition coefficient (Wildman–Crippen LogP) is 1.93. The molecule has 0 N–H and O–H groups in total. The number of carbonyl (C=O) groups is 1. The highest BCUT2D eigenvalue weighted by atomic mass is 79.9. The minimum absolute atomic E-state index is 0.286. The van der Waals surface area contributed by atoms with E-state index in [2.05, 4.69) is 26.0 Å². The van der Waals surface area contributed by atoms with Crippen molar-refractivity contribution in [1.29, 1.82) is 0 Å². The molecule has 7 heteroatoms. The first-order valence-corrected chi connectivity index (χ1v) is 4.87. The van der Waals surface area contributed by atoms with E-state index in [4.69, 9.17) is 11.6 Å². The molecule has 0 aliphatic rings. The summed E-state index contributed by atoms with van der Waals surface area (Å²) in [6, 6.07) is 0. The van der Waals surface area contributed by atoms with Gasteiger partial charge in [-0.2, -0.15) is 4.52 Å². The molecule has 0 saturated heterocycles. The van der Waals surface area contributed by atoms with Crippen LogP contribution in [0.4, 0.5) is 0 Å². The van der Waals surface area contributed by atoms with Gasteiger partial charge in [0.05, 0.1) is 6.20 Å². The molecule has 0 fully saturated rings. The molecule has 0 radical (unpaired) electrons. The number of carbonyl (C=O) groups excluding carboxylic acids is 1. The second kappa shape index (κ2) is 2.79. The fourth-order valence-electron chi connectivity index (χ4n) is 0.803. The predicted molar refractivity (Wildman–Crippen MR) is 48.7 cm³/mol. The van der Waals surface area contributed by atoms with Crippen LogP contribution in [0.5, 0.6) is 0 Å². The zero-order valence-corrected chi connectivity index (χ0v) is 8.65. The van der Waals surface area contributed by atoms with Crippen molar-refractivity contribution < 1.29 is 4.79 Å². The molecule has 4 nitrogen and oxygen atoms in total. The van der Waals surface area contributed by atoms with E-state index in [9.17, 15) is 4.79 Å². The van der Waals surface area contributed by atoms with E-state index in [1.54, 1.807) is 0 Å². The molecule has 2 heterocycles. The topological polar surface area (TPSA) is 47.3 Å². The van der Waals surface area contributed by atoms with E-state index in [1.165, 1.54) is 22.0 Å². The van der Waals surface area contributed by atoms with Crippen LogP contribution >= 0.6 is 38.9 Å². The summed E-state index contributed by atoms with van der Waals surface area (Å²) in [6.45, 7) is 0. The van der Waals surface area contributed by atoms with Crippen molar-refractivity contribution in [3.63, 3.8) is 0 Å². The molecular weight excluding hydrogens is 265 g/mol. The summed E-state index contributed by atoms with van der Waals surface area (Å²) < 4.78 is 2.08. The molecular formula is C5HBrClN3OS. The second-order valence-electron chi connectivity index (χ2n) is 1.97. The first kappa shape index (κ1) is 8.15. The number of hydrogen-bond acceptors (Lipinski definition) is 4. The van der Waals surface area contributed by atoms with Gasteiger partial charge in [0, 0.05) is 0 Å².